The molecule has 2 heterocycles. The van der Waals surface area contributed by atoms with Gasteiger partial charge in [-0.2, -0.15) is 5.10 Å². The third-order valence-electron chi connectivity index (χ3n) is 4.18. The molecular formula is C17H21FN4O. The maximum Gasteiger partial charge on any atom is 0.256 e. The van der Waals surface area contributed by atoms with E-state index in [2.05, 4.69) is 10.00 Å². The van der Waals surface area contributed by atoms with E-state index in [1.807, 2.05) is 16.9 Å². The molecule has 1 aliphatic rings. The topological polar surface area (TPSA) is 41.4 Å². The molecule has 1 amide bonds. The molecule has 1 saturated heterocycles. The largest absolute Gasteiger partial charge is 0.337 e. The van der Waals surface area contributed by atoms with E-state index < -0.39 is 5.82 Å². The highest BCUT2D eigenvalue weighted by atomic mass is 19.1. The predicted octanol–water partition coefficient (Wildman–Crippen LogP) is 1.87. The molecule has 122 valence electrons. The van der Waals surface area contributed by atoms with Gasteiger partial charge in [0.25, 0.3) is 5.91 Å². The van der Waals surface area contributed by atoms with Gasteiger partial charge in [0, 0.05) is 38.6 Å². The van der Waals surface area contributed by atoms with Crippen molar-refractivity contribution in [1.29, 1.82) is 0 Å². The van der Waals surface area contributed by atoms with E-state index in [1.54, 1.807) is 29.3 Å². The summed E-state index contributed by atoms with van der Waals surface area (Å²) in [7, 11) is 0. The van der Waals surface area contributed by atoms with Crippen molar-refractivity contribution in [3.05, 3.63) is 54.1 Å². The molecule has 0 saturated carbocycles. The van der Waals surface area contributed by atoms with Crippen LogP contribution in [0.2, 0.25) is 0 Å². The summed E-state index contributed by atoms with van der Waals surface area (Å²) in [5, 5.41) is 4.20. The maximum absolute atomic E-state index is 13.8. The molecule has 1 aromatic heterocycles. The molecule has 1 aliphatic heterocycles. The van der Waals surface area contributed by atoms with Crippen LogP contribution < -0.4 is 0 Å². The van der Waals surface area contributed by atoms with Crippen LogP contribution in [-0.4, -0.2) is 58.2 Å². The molecule has 0 aliphatic carbocycles. The van der Waals surface area contributed by atoms with Gasteiger partial charge in [0.15, 0.2) is 0 Å². The van der Waals surface area contributed by atoms with Crippen LogP contribution in [0.15, 0.2) is 42.7 Å². The van der Waals surface area contributed by atoms with E-state index in [1.165, 1.54) is 6.07 Å². The van der Waals surface area contributed by atoms with Crippen molar-refractivity contribution in [3.8, 4) is 0 Å². The smallest absolute Gasteiger partial charge is 0.256 e. The van der Waals surface area contributed by atoms with Crippen molar-refractivity contribution in [1.82, 2.24) is 19.6 Å². The average Bonchev–Trinajstić information content (AvgIpc) is 2.97. The average molecular weight is 316 g/mol. The third-order valence-corrected chi connectivity index (χ3v) is 4.18. The first kappa shape index (κ1) is 15.7. The van der Waals surface area contributed by atoms with Crippen LogP contribution in [0, 0.1) is 5.82 Å². The summed E-state index contributed by atoms with van der Waals surface area (Å²) in [6, 6.07) is 8.10. The molecule has 0 radical (unpaired) electrons. The molecule has 1 aromatic carbocycles. The lowest BCUT2D eigenvalue weighted by Crippen LogP contribution is -2.36. The molecule has 5 nitrogen and oxygen atoms in total. The molecule has 0 unspecified atom stereocenters. The van der Waals surface area contributed by atoms with Gasteiger partial charge in [-0.3, -0.25) is 14.4 Å². The Kier molecular flexibility index (Phi) is 5.02. The van der Waals surface area contributed by atoms with Gasteiger partial charge >= 0.3 is 0 Å². The van der Waals surface area contributed by atoms with Gasteiger partial charge in [0.05, 0.1) is 12.1 Å². The number of hydrogen-bond acceptors (Lipinski definition) is 3. The van der Waals surface area contributed by atoms with Gasteiger partial charge in [-0.25, -0.2) is 4.39 Å². The van der Waals surface area contributed by atoms with E-state index in [9.17, 15) is 9.18 Å². The number of aromatic nitrogens is 2. The monoisotopic (exact) mass is 316 g/mol. The fraction of sp³-hybridized carbons (Fsp3) is 0.412. The summed E-state index contributed by atoms with van der Waals surface area (Å²) in [6.45, 7) is 4.80. The number of benzene rings is 1. The summed E-state index contributed by atoms with van der Waals surface area (Å²) in [6.07, 6.45) is 4.63. The van der Waals surface area contributed by atoms with Gasteiger partial charge in [-0.1, -0.05) is 12.1 Å². The minimum Gasteiger partial charge on any atom is -0.337 e. The zero-order chi connectivity index (χ0) is 16.1. The fourth-order valence-corrected chi connectivity index (χ4v) is 2.88. The van der Waals surface area contributed by atoms with Crippen LogP contribution >= 0.6 is 0 Å². The second kappa shape index (κ2) is 7.37. The van der Waals surface area contributed by atoms with Gasteiger partial charge in [-0.15, -0.1) is 0 Å². The summed E-state index contributed by atoms with van der Waals surface area (Å²) in [5.41, 5.74) is 0.164. The van der Waals surface area contributed by atoms with Crippen LogP contribution in [0.3, 0.4) is 0 Å². The first-order valence-electron chi connectivity index (χ1n) is 7.97. The Morgan fingerprint density at radius 2 is 1.96 bits per heavy atom. The van der Waals surface area contributed by atoms with E-state index in [0.29, 0.717) is 13.1 Å². The number of halogens is 1. The lowest BCUT2D eigenvalue weighted by molar-refractivity contribution is 0.0756. The van der Waals surface area contributed by atoms with Crippen LogP contribution in [0.1, 0.15) is 16.8 Å². The predicted molar refractivity (Wildman–Crippen MR) is 85.6 cm³/mol. The minimum atomic E-state index is -0.447. The van der Waals surface area contributed by atoms with Crippen molar-refractivity contribution in [2.75, 3.05) is 32.7 Å². The third kappa shape index (κ3) is 3.96. The first-order valence-corrected chi connectivity index (χ1v) is 7.97. The van der Waals surface area contributed by atoms with E-state index in [0.717, 1.165) is 32.6 Å². The molecule has 3 rings (SSSR count). The normalized spacial score (nSPS) is 16.3. The number of hydrogen-bond donors (Lipinski definition) is 0. The first-order chi connectivity index (χ1) is 11.2. The van der Waals surface area contributed by atoms with Crippen molar-refractivity contribution < 1.29 is 9.18 Å². The summed E-state index contributed by atoms with van der Waals surface area (Å²) in [5.74, 6) is -0.658. The Hall–Kier alpha value is -2.21. The van der Waals surface area contributed by atoms with Crippen molar-refractivity contribution in [2.24, 2.45) is 0 Å². The molecule has 23 heavy (non-hydrogen) atoms. The molecule has 0 spiro atoms. The SMILES string of the molecule is O=C(c1ccccc1F)N1CCCN(CCn2cccn2)CC1. The Labute approximate surface area is 135 Å². The summed E-state index contributed by atoms with van der Waals surface area (Å²) in [4.78, 5) is 16.6. The lowest BCUT2D eigenvalue weighted by Gasteiger charge is -2.22. The van der Waals surface area contributed by atoms with Gasteiger partial charge in [-0.05, 0) is 31.2 Å². The van der Waals surface area contributed by atoms with Crippen LogP contribution in [0.5, 0.6) is 0 Å². The molecule has 6 heteroatoms. The highest BCUT2D eigenvalue weighted by Gasteiger charge is 2.22. The van der Waals surface area contributed by atoms with Gasteiger partial charge < -0.3 is 4.90 Å². The second-order valence-corrected chi connectivity index (χ2v) is 5.74. The second-order valence-electron chi connectivity index (χ2n) is 5.74. The molecule has 0 atom stereocenters. The number of carbonyl (C=O) groups is 1. The Morgan fingerprint density at radius 3 is 2.74 bits per heavy atom. The van der Waals surface area contributed by atoms with E-state index in [-0.39, 0.29) is 11.5 Å². The number of amides is 1. The van der Waals surface area contributed by atoms with Crippen LogP contribution in [0.4, 0.5) is 4.39 Å². The zero-order valence-corrected chi connectivity index (χ0v) is 13.1. The highest BCUT2D eigenvalue weighted by molar-refractivity contribution is 5.94. The fourth-order valence-electron chi connectivity index (χ4n) is 2.88. The summed E-state index contributed by atoms with van der Waals surface area (Å²) < 4.78 is 15.7. The molecule has 2 aromatic rings. The van der Waals surface area contributed by atoms with E-state index in [4.69, 9.17) is 0 Å². The lowest BCUT2D eigenvalue weighted by atomic mass is 10.2. The van der Waals surface area contributed by atoms with Crippen molar-refractivity contribution in [3.63, 3.8) is 0 Å². The van der Waals surface area contributed by atoms with Crippen LogP contribution in [-0.2, 0) is 6.54 Å². The number of rotatable bonds is 4. The number of carbonyl (C=O) groups excluding carboxylic acids is 1. The Balaban J connectivity index is 1.56. The van der Waals surface area contributed by atoms with Crippen molar-refractivity contribution >= 4 is 5.91 Å². The Morgan fingerprint density at radius 1 is 1.09 bits per heavy atom. The van der Waals surface area contributed by atoms with E-state index >= 15 is 0 Å². The van der Waals surface area contributed by atoms with Crippen molar-refractivity contribution in [2.45, 2.75) is 13.0 Å². The quantitative estimate of drug-likeness (QED) is 0.865. The number of nitrogens with zero attached hydrogens (tertiary/aromatic N) is 4. The molecule has 1 fully saturated rings. The van der Waals surface area contributed by atoms with Crippen LogP contribution in [0.25, 0.3) is 0 Å². The molecule has 0 bridgehead atoms. The molecule has 0 N–H and O–H groups in total. The Bertz CT molecular complexity index is 644. The maximum atomic E-state index is 13.8. The van der Waals surface area contributed by atoms with Gasteiger partial charge in [0.1, 0.15) is 5.82 Å². The molecular weight excluding hydrogens is 295 g/mol. The van der Waals surface area contributed by atoms with Gasteiger partial charge in [0.2, 0.25) is 0 Å². The zero-order valence-electron chi connectivity index (χ0n) is 13.1. The standard InChI is InChI=1S/C17H21FN4O/c18-16-6-2-1-5-15(16)17(23)21-9-4-8-20(11-13-21)12-14-22-10-3-7-19-22/h1-3,5-7,10H,4,8-9,11-14H2. The minimum absolute atomic E-state index is 0.164. The highest BCUT2D eigenvalue weighted by Crippen LogP contribution is 2.12. The summed E-state index contributed by atoms with van der Waals surface area (Å²) >= 11 is 0.